The van der Waals surface area contributed by atoms with Crippen LogP contribution in [0, 0.1) is 20.8 Å². The molecule has 0 unspecified atom stereocenters. The fraction of sp³-hybridized carbons (Fsp3) is 0.571. The van der Waals surface area contributed by atoms with Crippen LogP contribution in [0.2, 0.25) is 0 Å². The monoisotopic (exact) mass is 237 g/mol. The molecule has 0 bridgehead atoms. The van der Waals surface area contributed by atoms with Gasteiger partial charge in [-0.1, -0.05) is 6.07 Å². The van der Waals surface area contributed by atoms with Gasteiger partial charge < -0.3 is 14.8 Å². The molecule has 0 amide bonds. The van der Waals surface area contributed by atoms with Crippen LogP contribution in [-0.2, 0) is 4.74 Å². The zero-order valence-electron chi connectivity index (χ0n) is 11.3. The molecule has 0 fully saturated rings. The van der Waals surface area contributed by atoms with E-state index in [2.05, 4.69) is 38.2 Å². The summed E-state index contributed by atoms with van der Waals surface area (Å²) in [5, 5.41) is 3.26. The Morgan fingerprint density at radius 3 is 2.47 bits per heavy atom. The molecule has 0 spiro atoms. The first-order valence-corrected chi connectivity index (χ1v) is 6.05. The Morgan fingerprint density at radius 2 is 1.76 bits per heavy atom. The van der Waals surface area contributed by atoms with Crippen LogP contribution in [0.4, 0.5) is 0 Å². The van der Waals surface area contributed by atoms with Gasteiger partial charge in [0.2, 0.25) is 0 Å². The third-order valence-corrected chi connectivity index (χ3v) is 2.78. The van der Waals surface area contributed by atoms with Crippen LogP contribution in [0.25, 0.3) is 0 Å². The van der Waals surface area contributed by atoms with Crippen molar-refractivity contribution in [2.75, 3.05) is 33.4 Å². The topological polar surface area (TPSA) is 30.5 Å². The predicted molar refractivity (Wildman–Crippen MR) is 70.9 cm³/mol. The van der Waals surface area contributed by atoms with Crippen LogP contribution >= 0.6 is 0 Å². The Bertz CT molecular complexity index is 350. The standard InChI is InChI=1S/C14H23NO2/c1-11-9-12(2)13(3)14(10-11)17-8-6-15-5-7-16-4/h9-10,15H,5-8H2,1-4H3. The van der Waals surface area contributed by atoms with Crippen molar-refractivity contribution in [1.82, 2.24) is 5.32 Å². The molecule has 0 saturated heterocycles. The summed E-state index contributed by atoms with van der Waals surface area (Å²) in [7, 11) is 1.71. The van der Waals surface area contributed by atoms with Gasteiger partial charge in [-0.15, -0.1) is 0 Å². The second kappa shape index (κ2) is 7.30. The van der Waals surface area contributed by atoms with Gasteiger partial charge in [0.1, 0.15) is 12.4 Å². The van der Waals surface area contributed by atoms with Gasteiger partial charge in [0.25, 0.3) is 0 Å². The van der Waals surface area contributed by atoms with Crippen LogP contribution in [-0.4, -0.2) is 33.4 Å². The first kappa shape index (κ1) is 14.0. The second-order valence-electron chi connectivity index (χ2n) is 4.30. The van der Waals surface area contributed by atoms with Gasteiger partial charge in [0.05, 0.1) is 6.61 Å². The molecule has 1 aromatic carbocycles. The first-order valence-electron chi connectivity index (χ1n) is 6.05. The van der Waals surface area contributed by atoms with E-state index < -0.39 is 0 Å². The number of hydrogen-bond acceptors (Lipinski definition) is 3. The molecule has 1 rings (SSSR count). The number of nitrogens with one attached hydrogen (secondary N) is 1. The predicted octanol–water partition coefficient (Wildman–Crippen LogP) is 2.23. The van der Waals surface area contributed by atoms with E-state index in [9.17, 15) is 0 Å². The molecular weight excluding hydrogens is 214 g/mol. The fourth-order valence-corrected chi connectivity index (χ4v) is 1.68. The van der Waals surface area contributed by atoms with Crippen molar-refractivity contribution in [2.24, 2.45) is 0 Å². The zero-order valence-corrected chi connectivity index (χ0v) is 11.3. The molecule has 0 radical (unpaired) electrons. The van der Waals surface area contributed by atoms with E-state index in [0.29, 0.717) is 6.61 Å². The maximum absolute atomic E-state index is 5.78. The van der Waals surface area contributed by atoms with Crippen LogP contribution in [0.3, 0.4) is 0 Å². The number of rotatable bonds is 7. The summed E-state index contributed by atoms with van der Waals surface area (Å²) in [4.78, 5) is 0. The Morgan fingerprint density at radius 1 is 1.06 bits per heavy atom. The van der Waals surface area contributed by atoms with E-state index in [4.69, 9.17) is 9.47 Å². The number of aryl methyl sites for hydroxylation is 2. The molecule has 17 heavy (non-hydrogen) atoms. The fourth-order valence-electron chi connectivity index (χ4n) is 1.68. The highest BCUT2D eigenvalue weighted by Gasteiger charge is 2.03. The van der Waals surface area contributed by atoms with Crippen LogP contribution in [0.15, 0.2) is 12.1 Å². The third-order valence-electron chi connectivity index (χ3n) is 2.78. The Kier molecular flexibility index (Phi) is 6.01. The highest BCUT2D eigenvalue weighted by Crippen LogP contribution is 2.22. The summed E-state index contributed by atoms with van der Waals surface area (Å²) in [5.74, 6) is 0.996. The minimum absolute atomic E-state index is 0.688. The van der Waals surface area contributed by atoms with Crippen LogP contribution < -0.4 is 10.1 Å². The Labute approximate surface area is 104 Å². The summed E-state index contributed by atoms with van der Waals surface area (Å²) in [5.41, 5.74) is 3.76. The van der Waals surface area contributed by atoms with Gasteiger partial charge in [0.15, 0.2) is 0 Å². The number of methoxy groups -OCH3 is 1. The lowest BCUT2D eigenvalue weighted by Crippen LogP contribution is -2.24. The lowest BCUT2D eigenvalue weighted by Gasteiger charge is -2.12. The van der Waals surface area contributed by atoms with E-state index in [0.717, 1.165) is 25.4 Å². The normalized spacial score (nSPS) is 10.6. The van der Waals surface area contributed by atoms with Crippen molar-refractivity contribution in [3.8, 4) is 5.75 Å². The van der Waals surface area contributed by atoms with Gasteiger partial charge in [-0.3, -0.25) is 0 Å². The molecule has 0 aliphatic rings. The van der Waals surface area contributed by atoms with E-state index in [1.165, 1.54) is 16.7 Å². The first-order chi connectivity index (χ1) is 8.15. The molecule has 0 aliphatic carbocycles. The highest BCUT2D eigenvalue weighted by molar-refractivity contribution is 5.41. The molecule has 0 atom stereocenters. The van der Waals surface area contributed by atoms with Gasteiger partial charge in [-0.2, -0.15) is 0 Å². The molecule has 0 heterocycles. The average Bonchev–Trinajstić information content (AvgIpc) is 2.29. The lowest BCUT2D eigenvalue weighted by atomic mass is 10.1. The van der Waals surface area contributed by atoms with E-state index >= 15 is 0 Å². The van der Waals surface area contributed by atoms with Crippen molar-refractivity contribution in [1.29, 1.82) is 0 Å². The molecule has 1 N–H and O–H groups in total. The van der Waals surface area contributed by atoms with Crippen molar-refractivity contribution < 1.29 is 9.47 Å². The number of hydrogen-bond donors (Lipinski definition) is 1. The molecule has 0 aromatic heterocycles. The minimum atomic E-state index is 0.688. The smallest absolute Gasteiger partial charge is 0.122 e. The second-order valence-corrected chi connectivity index (χ2v) is 4.30. The van der Waals surface area contributed by atoms with Crippen molar-refractivity contribution in [3.63, 3.8) is 0 Å². The molecular formula is C14H23NO2. The summed E-state index contributed by atoms with van der Waals surface area (Å²) >= 11 is 0. The summed E-state index contributed by atoms with van der Waals surface area (Å²) in [6.45, 7) is 9.45. The summed E-state index contributed by atoms with van der Waals surface area (Å²) in [6, 6.07) is 4.27. The average molecular weight is 237 g/mol. The largest absolute Gasteiger partial charge is 0.492 e. The molecule has 0 aliphatic heterocycles. The molecule has 1 aromatic rings. The van der Waals surface area contributed by atoms with Crippen molar-refractivity contribution in [3.05, 3.63) is 28.8 Å². The summed E-state index contributed by atoms with van der Waals surface area (Å²) < 4.78 is 10.7. The Balaban J connectivity index is 2.36. The maximum atomic E-state index is 5.78. The van der Waals surface area contributed by atoms with Crippen LogP contribution in [0.5, 0.6) is 5.75 Å². The van der Waals surface area contributed by atoms with Gasteiger partial charge in [-0.25, -0.2) is 0 Å². The van der Waals surface area contributed by atoms with Crippen LogP contribution in [0.1, 0.15) is 16.7 Å². The van der Waals surface area contributed by atoms with E-state index in [-0.39, 0.29) is 0 Å². The highest BCUT2D eigenvalue weighted by atomic mass is 16.5. The van der Waals surface area contributed by atoms with E-state index in [1.54, 1.807) is 7.11 Å². The zero-order chi connectivity index (χ0) is 12.7. The van der Waals surface area contributed by atoms with Gasteiger partial charge in [-0.05, 0) is 43.5 Å². The number of benzene rings is 1. The van der Waals surface area contributed by atoms with Crippen molar-refractivity contribution in [2.45, 2.75) is 20.8 Å². The quantitative estimate of drug-likeness (QED) is 0.738. The minimum Gasteiger partial charge on any atom is -0.492 e. The molecule has 96 valence electrons. The van der Waals surface area contributed by atoms with E-state index in [1.807, 2.05) is 0 Å². The van der Waals surface area contributed by atoms with Gasteiger partial charge >= 0.3 is 0 Å². The lowest BCUT2D eigenvalue weighted by molar-refractivity contribution is 0.196. The third kappa shape index (κ3) is 4.75. The SMILES string of the molecule is COCCNCCOc1cc(C)cc(C)c1C. The maximum Gasteiger partial charge on any atom is 0.122 e. The number of ether oxygens (including phenoxy) is 2. The molecule has 3 nitrogen and oxygen atoms in total. The van der Waals surface area contributed by atoms with Crippen molar-refractivity contribution >= 4 is 0 Å². The molecule has 0 saturated carbocycles. The Hall–Kier alpha value is -1.06. The summed E-state index contributed by atoms with van der Waals surface area (Å²) in [6.07, 6.45) is 0. The van der Waals surface area contributed by atoms with Gasteiger partial charge in [0, 0.05) is 20.2 Å². The molecule has 3 heteroatoms.